The van der Waals surface area contributed by atoms with Crippen LogP contribution in [-0.4, -0.2) is 0 Å². The van der Waals surface area contributed by atoms with Crippen molar-refractivity contribution in [1.29, 1.82) is 0 Å². The molecule has 1 aliphatic carbocycles. The molecule has 1 aromatic rings. The number of benzene rings is 1. The van der Waals surface area contributed by atoms with E-state index in [0.717, 1.165) is 19.3 Å². The quantitative estimate of drug-likeness (QED) is 0.472. The van der Waals surface area contributed by atoms with E-state index in [4.69, 9.17) is 0 Å². The SMILES string of the molecule is CC1=CC[C-]=C1.CCc1[c-]cccc1CC.Cl.Cl.Cl.[Ti+2]. The molecule has 0 heterocycles. The summed E-state index contributed by atoms with van der Waals surface area (Å²) in [4.78, 5) is 0. The van der Waals surface area contributed by atoms with Gasteiger partial charge >= 0.3 is 21.7 Å². The van der Waals surface area contributed by atoms with E-state index in [0.29, 0.717) is 0 Å². The van der Waals surface area contributed by atoms with Crippen LogP contribution in [0.5, 0.6) is 0 Å². The zero-order valence-corrected chi connectivity index (χ0v) is 16.2. The minimum atomic E-state index is 0. The molecule has 0 nitrogen and oxygen atoms in total. The third-order valence-electron chi connectivity index (χ3n) is 2.64. The van der Waals surface area contributed by atoms with Crippen LogP contribution in [0, 0.1) is 12.1 Å². The van der Waals surface area contributed by atoms with Gasteiger partial charge in [0, 0.05) is 0 Å². The molecule has 0 N–H and O–H groups in total. The normalized spacial score (nSPS) is 10.4. The van der Waals surface area contributed by atoms with E-state index in [9.17, 15) is 0 Å². The molecular weight excluding hydrogens is 346 g/mol. The van der Waals surface area contributed by atoms with Gasteiger partial charge in [-0.15, -0.1) is 50.6 Å². The summed E-state index contributed by atoms with van der Waals surface area (Å²) in [5.41, 5.74) is 4.14. The van der Waals surface area contributed by atoms with Gasteiger partial charge in [-0.25, -0.2) is 11.6 Å². The molecule has 112 valence electrons. The Morgan fingerprint density at radius 2 is 1.75 bits per heavy atom. The Balaban J connectivity index is -0.000000114. The van der Waals surface area contributed by atoms with Crippen molar-refractivity contribution in [3.8, 4) is 0 Å². The van der Waals surface area contributed by atoms with Crippen LogP contribution in [0.1, 0.15) is 38.3 Å². The van der Waals surface area contributed by atoms with Gasteiger partial charge in [-0.05, 0) is 0 Å². The third-order valence-corrected chi connectivity index (χ3v) is 2.64. The van der Waals surface area contributed by atoms with Crippen LogP contribution in [-0.2, 0) is 34.6 Å². The van der Waals surface area contributed by atoms with Crippen molar-refractivity contribution in [1.82, 2.24) is 0 Å². The van der Waals surface area contributed by atoms with Crippen molar-refractivity contribution < 1.29 is 21.7 Å². The largest absolute Gasteiger partial charge is 2.00 e. The summed E-state index contributed by atoms with van der Waals surface area (Å²) >= 11 is 0. The minimum Gasteiger partial charge on any atom is -0.273 e. The van der Waals surface area contributed by atoms with Crippen molar-refractivity contribution in [3.63, 3.8) is 0 Å². The van der Waals surface area contributed by atoms with E-state index in [-0.39, 0.29) is 58.9 Å². The molecule has 0 atom stereocenters. The van der Waals surface area contributed by atoms with E-state index < -0.39 is 0 Å². The van der Waals surface area contributed by atoms with Gasteiger partial charge in [-0.3, -0.25) is 6.08 Å². The van der Waals surface area contributed by atoms with Crippen molar-refractivity contribution in [2.24, 2.45) is 0 Å². The number of rotatable bonds is 2. The molecule has 2 rings (SSSR count). The van der Waals surface area contributed by atoms with Gasteiger partial charge < -0.3 is 0 Å². The second-order valence-corrected chi connectivity index (χ2v) is 3.88. The molecule has 0 fully saturated rings. The fourth-order valence-electron chi connectivity index (χ4n) is 1.67. The minimum absolute atomic E-state index is 0. The Morgan fingerprint density at radius 1 is 1.10 bits per heavy atom. The van der Waals surface area contributed by atoms with Crippen molar-refractivity contribution >= 4 is 37.2 Å². The summed E-state index contributed by atoms with van der Waals surface area (Å²) in [7, 11) is 0. The van der Waals surface area contributed by atoms with Crippen LogP contribution in [0.4, 0.5) is 0 Å². The fraction of sp³-hybridized carbons (Fsp3) is 0.375. The first-order valence-electron chi connectivity index (χ1n) is 5.99. The molecular formula is C16H23Cl3Ti. The summed E-state index contributed by atoms with van der Waals surface area (Å²) in [6.07, 6.45) is 10.5. The van der Waals surface area contributed by atoms with Crippen LogP contribution >= 0.6 is 37.2 Å². The number of halogens is 3. The Kier molecular flexibility index (Phi) is 24.7. The summed E-state index contributed by atoms with van der Waals surface area (Å²) in [5, 5.41) is 0. The van der Waals surface area contributed by atoms with E-state index in [2.05, 4.69) is 51.1 Å². The topological polar surface area (TPSA) is 0 Å². The second-order valence-electron chi connectivity index (χ2n) is 3.88. The van der Waals surface area contributed by atoms with Gasteiger partial charge in [0.1, 0.15) is 0 Å². The zero-order valence-electron chi connectivity index (χ0n) is 12.2. The number of allylic oxidation sites excluding steroid dienone is 4. The molecule has 0 radical (unpaired) electrons. The van der Waals surface area contributed by atoms with Crippen LogP contribution in [0.3, 0.4) is 0 Å². The molecule has 4 heteroatoms. The smallest absolute Gasteiger partial charge is 0.273 e. The molecule has 0 bridgehead atoms. The zero-order chi connectivity index (χ0) is 11.8. The second kappa shape index (κ2) is 17.3. The average Bonchev–Trinajstić information content (AvgIpc) is 2.81. The predicted octanol–water partition coefficient (Wildman–Crippen LogP) is 5.57. The van der Waals surface area contributed by atoms with Crippen LogP contribution in [0.15, 0.2) is 35.9 Å². The fourth-order valence-corrected chi connectivity index (χ4v) is 1.67. The molecule has 0 saturated heterocycles. The summed E-state index contributed by atoms with van der Waals surface area (Å²) in [5.74, 6) is 0. The standard InChI is InChI=1S/C10H13.C6H7.3ClH.Ti/c1-3-9-7-5-6-8-10(9)4-2;1-6-4-2-3-5-6;;;;/h5-7H,3-4H2,1-2H3;4-5H,2H2,1H3;3*1H;/q2*-1;;;;+2. The Bertz CT molecular complexity index is 361. The Hall–Kier alpha value is 0.284. The molecule has 1 aromatic carbocycles. The molecule has 20 heavy (non-hydrogen) atoms. The molecule has 0 saturated carbocycles. The van der Waals surface area contributed by atoms with Crippen molar-refractivity contribution in [2.45, 2.75) is 40.0 Å². The summed E-state index contributed by atoms with van der Waals surface area (Å²) in [6, 6.07) is 9.45. The average molecular weight is 370 g/mol. The maximum absolute atomic E-state index is 3.24. The van der Waals surface area contributed by atoms with Gasteiger partial charge in [0.2, 0.25) is 0 Å². The maximum atomic E-state index is 3.24. The molecule has 1 aliphatic rings. The predicted molar refractivity (Wildman–Crippen MR) is 92.0 cm³/mol. The first kappa shape index (κ1) is 28.4. The van der Waals surface area contributed by atoms with Gasteiger partial charge in [0.15, 0.2) is 0 Å². The van der Waals surface area contributed by atoms with Gasteiger partial charge in [0.05, 0.1) is 0 Å². The van der Waals surface area contributed by atoms with E-state index in [1.807, 2.05) is 12.1 Å². The molecule has 0 amide bonds. The number of hydrogen-bond acceptors (Lipinski definition) is 0. The molecule has 0 unspecified atom stereocenters. The monoisotopic (exact) mass is 368 g/mol. The summed E-state index contributed by atoms with van der Waals surface area (Å²) in [6.45, 7) is 6.44. The third kappa shape index (κ3) is 11.0. The van der Waals surface area contributed by atoms with Crippen LogP contribution in [0.25, 0.3) is 0 Å². The first-order chi connectivity index (χ1) is 7.77. The first-order valence-corrected chi connectivity index (χ1v) is 5.99. The van der Waals surface area contributed by atoms with E-state index in [1.165, 1.54) is 16.7 Å². The number of aryl methyl sites for hydroxylation is 2. The van der Waals surface area contributed by atoms with Gasteiger partial charge in [0.25, 0.3) is 0 Å². The van der Waals surface area contributed by atoms with Crippen molar-refractivity contribution in [2.75, 3.05) is 0 Å². The van der Waals surface area contributed by atoms with Gasteiger partial charge in [-0.1, -0.05) is 26.7 Å². The Labute approximate surface area is 157 Å². The van der Waals surface area contributed by atoms with E-state index >= 15 is 0 Å². The molecule has 0 spiro atoms. The van der Waals surface area contributed by atoms with Crippen molar-refractivity contribution in [3.05, 3.63) is 59.2 Å². The maximum Gasteiger partial charge on any atom is 2.00 e. The molecule has 0 aliphatic heterocycles. The van der Waals surface area contributed by atoms with Gasteiger partial charge in [-0.2, -0.15) is 41.5 Å². The summed E-state index contributed by atoms with van der Waals surface area (Å²) < 4.78 is 0. The van der Waals surface area contributed by atoms with E-state index in [1.54, 1.807) is 0 Å². The Morgan fingerprint density at radius 3 is 2.05 bits per heavy atom. The van der Waals surface area contributed by atoms with Crippen LogP contribution < -0.4 is 0 Å². The van der Waals surface area contributed by atoms with Crippen LogP contribution in [0.2, 0.25) is 0 Å². The number of hydrogen-bond donors (Lipinski definition) is 0. The molecule has 0 aromatic heterocycles.